The molecule has 0 fully saturated rings. The summed E-state index contributed by atoms with van der Waals surface area (Å²) < 4.78 is 21.7. The van der Waals surface area contributed by atoms with Crippen molar-refractivity contribution in [2.75, 3.05) is 20.0 Å². The number of ether oxygens (including phenoxy) is 2. The van der Waals surface area contributed by atoms with Gasteiger partial charge in [0.2, 0.25) is 0 Å². The summed E-state index contributed by atoms with van der Waals surface area (Å²) >= 11 is 5.76. The maximum absolute atomic E-state index is 11.7. The van der Waals surface area contributed by atoms with E-state index in [1.807, 2.05) is 12.1 Å². The van der Waals surface area contributed by atoms with Crippen molar-refractivity contribution in [3.63, 3.8) is 0 Å². The van der Waals surface area contributed by atoms with Crippen molar-refractivity contribution in [2.45, 2.75) is 12.0 Å². The average molecular weight is 263 g/mol. The fourth-order valence-corrected chi connectivity index (χ4v) is 2.59. The molecule has 16 heavy (non-hydrogen) atoms. The minimum absolute atomic E-state index is 0.371. The van der Waals surface area contributed by atoms with Crippen molar-refractivity contribution in [1.29, 1.82) is 0 Å². The summed E-state index contributed by atoms with van der Waals surface area (Å²) in [6.07, 6.45) is -0.409. The van der Waals surface area contributed by atoms with E-state index in [0.29, 0.717) is 16.5 Å². The summed E-state index contributed by atoms with van der Waals surface area (Å²) in [7, 11) is 2.07. The summed E-state index contributed by atoms with van der Waals surface area (Å²) in [5.41, 5.74) is 0.994. The normalized spacial score (nSPS) is 13.0. The Bertz CT molecular complexity index is 336. The molecule has 1 atom stereocenters. The van der Waals surface area contributed by atoms with Crippen LogP contribution in [-0.4, -0.2) is 30.5 Å². The molecule has 1 unspecified atom stereocenters. The Labute approximate surface area is 103 Å². The lowest BCUT2D eigenvalue weighted by Crippen LogP contribution is -2.22. The van der Waals surface area contributed by atoms with Crippen LogP contribution in [0, 0.1) is 0 Å². The van der Waals surface area contributed by atoms with Gasteiger partial charge in [0.05, 0.1) is 5.75 Å². The van der Waals surface area contributed by atoms with Crippen molar-refractivity contribution in [1.82, 2.24) is 0 Å². The minimum atomic E-state index is -1.00. The van der Waals surface area contributed by atoms with Gasteiger partial charge in [0, 0.05) is 35.8 Å². The van der Waals surface area contributed by atoms with E-state index in [1.165, 1.54) is 14.2 Å². The molecule has 1 rings (SSSR count). The van der Waals surface area contributed by atoms with Crippen molar-refractivity contribution in [3.8, 4) is 0 Å². The Kier molecular flexibility index (Phi) is 5.98. The van der Waals surface area contributed by atoms with E-state index in [4.69, 9.17) is 21.1 Å². The molecule has 1 aromatic rings. The molecule has 0 amide bonds. The first-order valence-corrected chi connectivity index (χ1v) is 6.67. The van der Waals surface area contributed by atoms with Gasteiger partial charge in [-0.25, -0.2) is 0 Å². The summed E-state index contributed by atoms with van der Waals surface area (Å²) in [6.45, 7) is 0. The van der Waals surface area contributed by atoms with Gasteiger partial charge in [-0.1, -0.05) is 23.7 Å². The maximum atomic E-state index is 11.7. The Morgan fingerprint density at radius 3 is 2.31 bits per heavy atom. The van der Waals surface area contributed by atoms with Crippen molar-refractivity contribution < 1.29 is 13.7 Å². The largest absolute Gasteiger partial charge is 0.355 e. The molecular formula is C11H15ClO3S. The quantitative estimate of drug-likeness (QED) is 0.738. The van der Waals surface area contributed by atoms with Gasteiger partial charge in [-0.05, 0) is 17.7 Å². The van der Waals surface area contributed by atoms with Gasteiger partial charge in [0.15, 0.2) is 6.29 Å². The van der Waals surface area contributed by atoms with Gasteiger partial charge in [-0.2, -0.15) is 0 Å². The molecule has 0 aliphatic heterocycles. The minimum Gasteiger partial charge on any atom is -0.355 e. The van der Waals surface area contributed by atoms with E-state index in [9.17, 15) is 4.21 Å². The van der Waals surface area contributed by atoms with Crippen LogP contribution < -0.4 is 0 Å². The third-order valence-corrected chi connectivity index (χ3v) is 3.64. The monoisotopic (exact) mass is 262 g/mol. The van der Waals surface area contributed by atoms with E-state index in [2.05, 4.69) is 0 Å². The SMILES string of the molecule is COC(CS(=O)Cc1ccc(Cl)cc1)OC. The fraction of sp³-hybridized carbons (Fsp3) is 0.455. The molecule has 5 heteroatoms. The molecule has 0 aliphatic carbocycles. The number of rotatable bonds is 6. The van der Waals surface area contributed by atoms with E-state index in [1.54, 1.807) is 12.1 Å². The molecule has 0 aliphatic rings. The first-order chi connectivity index (χ1) is 7.65. The second kappa shape index (κ2) is 7.01. The molecule has 0 saturated heterocycles. The topological polar surface area (TPSA) is 35.5 Å². The predicted molar refractivity (Wildman–Crippen MR) is 66.0 cm³/mol. The van der Waals surface area contributed by atoms with Gasteiger partial charge in [-0.3, -0.25) is 4.21 Å². The molecule has 0 saturated carbocycles. The highest BCUT2D eigenvalue weighted by atomic mass is 35.5. The smallest absolute Gasteiger partial charge is 0.168 e. The Hall–Kier alpha value is -0.420. The van der Waals surface area contributed by atoms with Crippen molar-refractivity contribution >= 4 is 22.4 Å². The fourth-order valence-electron chi connectivity index (χ4n) is 1.21. The molecule has 0 heterocycles. The summed E-state index contributed by atoms with van der Waals surface area (Å²) in [5.74, 6) is 0.857. The van der Waals surface area contributed by atoms with Crippen LogP contribution in [0.25, 0.3) is 0 Å². The first kappa shape index (κ1) is 13.6. The van der Waals surface area contributed by atoms with Gasteiger partial charge in [0.25, 0.3) is 0 Å². The molecular weight excluding hydrogens is 248 g/mol. The molecule has 3 nitrogen and oxygen atoms in total. The zero-order chi connectivity index (χ0) is 12.0. The highest BCUT2D eigenvalue weighted by Gasteiger charge is 2.10. The second-order valence-electron chi connectivity index (χ2n) is 3.28. The van der Waals surface area contributed by atoms with Crippen LogP contribution >= 0.6 is 11.6 Å². The van der Waals surface area contributed by atoms with Crippen LogP contribution in [0.15, 0.2) is 24.3 Å². The van der Waals surface area contributed by atoms with Gasteiger partial charge in [-0.15, -0.1) is 0 Å². The lowest BCUT2D eigenvalue weighted by molar-refractivity contribution is -0.0847. The first-order valence-electron chi connectivity index (χ1n) is 4.80. The van der Waals surface area contributed by atoms with Crippen molar-refractivity contribution in [2.24, 2.45) is 0 Å². The Morgan fingerprint density at radius 2 is 1.81 bits per heavy atom. The average Bonchev–Trinajstić information content (AvgIpc) is 2.29. The zero-order valence-electron chi connectivity index (χ0n) is 9.31. The van der Waals surface area contributed by atoms with Crippen LogP contribution in [-0.2, 0) is 26.0 Å². The van der Waals surface area contributed by atoms with Crippen LogP contribution in [0.3, 0.4) is 0 Å². The maximum Gasteiger partial charge on any atom is 0.168 e. The number of hydrogen-bond acceptors (Lipinski definition) is 3. The Balaban J connectivity index is 2.48. The van der Waals surface area contributed by atoms with Gasteiger partial charge in [0.1, 0.15) is 0 Å². The predicted octanol–water partition coefficient (Wildman–Crippen LogP) is 2.21. The highest BCUT2D eigenvalue weighted by molar-refractivity contribution is 7.84. The molecule has 0 bridgehead atoms. The van der Waals surface area contributed by atoms with E-state index in [-0.39, 0.29) is 0 Å². The zero-order valence-corrected chi connectivity index (χ0v) is 10.9. The second-order valence-corrected chi connectivity index (χ2v) is 5.22. The molecule has 0 radical (unpaired) electrons. The van der Waals surface area contributed by atoms with Crippen LogP contribution in [0.5, 0.6) is 0 Å². The van der Waals surface area contributed by atoms with E-state index < -0.39 is 17.1 Å². The molecule has 90 valence electrons. The molecule has 0 aromatic heterocycles. The van der Waals surface area contributed by atoms with Crippen LogP contribution in [0.1, 0.15) is 5.56 Å². The lowest BCUT2D eigenvalue weighted by atomic mass is 10.2. The van der Waals surface area contributed by atoms with E-state index >= 15 is 0 Å². The summed E-state index contributed by atoms with van der Waals surface area (Å²) in [6, 6.07) is 7.32. The number of methoxy groups -OCH3 is 2. The molecule has 0 spiro atoms. The number of benzene rings is 1. The van der Waals surface area contributed by atoms with Gasteiger partial charge < -0.3 is 9.47 Å². The van der Waals surface area contributed by atoms with Gasteiger partial charge >= 0.3 is 0 Å². The summed E-state index contributed by atoms with van der Waals surface area (Å²) in [5, 5.41) is 0.682. The third-order valence-electron chi connectivity index (χ3n) is 2.09. The Morgan fingerprint density at radius 1 is 1.25 bits per heavy atom. The number of halogens is 1. The highest BCUT2D eigenvalue weighted by Crippen LogP contribution is 2.11. The van der Waals surface area contributed by atoms with Crippen molar-refractivity contribution in [3.05, 3.63) is 34.9 Å². The van der Waals surface area contributed by atoms with Crippen LogP contribution in [0.2, 0.25) is 5.02 Å². The molecule has 0 N–H and O–H groups in total. The lowest BCUT2D eigenvalue weighted by Gasteiger charge is -2.12. The summed E-state index contributed by atoms with van der Waals surface area (Å²) in [4.78, 5) is 0. The third kappa shape index (κ3) is 4.61. The number of hydrogen-bond donors (Lipinski definition) is 0. The standard InChI is InChI=1S/C11H15ClO3S/c1-14-11(15-2)8-16(13)7-9-3-5-10(12)6-4-9/h3-6,11H,7-8H2,1-2H3. The molecule has 1 aromatic carbocycles. The van der Waals surface area contributed by atoms with Crippen LogP contribution in [0.4, 0.5) is 0 Å². The van der Waals surface area contributed by atoms with E-state index in [0.717, 1.165) is 5.56 Å².